The van der Waals surface area contributed by atoms with Crippen LogP contribution in [0.4, 0.5) is 5.69 Å². The fourth-order valence-electron chi connectivity index (χ4n) is 4.22. The van der Waals surface area contributed by atoms with Crippen LogP contribution >= 0.6 is 0 Å². The summed E-state index contributed by atoms with van der Waals surface area (Å²) in [4.78, 5) is 28.4. The number of rotatable bonds is 12. The first-order valence-electron chi connectivity index (χ1n) is 12.9. The van der Waals surface area contributed by atoms with Crippen molar-refractivity contribution < 1.29 is 18.0 Å². The zero-order valence-electron chi connectivity index (χ0n) is 22.6. The number of carbonyl (C=O) groups excluding carboxylic acids is 2. The van der Waals surface area contributed by atoms with E-state index in [-0.39, 0.29) is 17.3 Å². The number of nitrogens with one attached hydrogen (secondary N) is 1. The highest BCUT2D eigenvalue weighted by Crippen LogP contribution is 2.28. The number of anilines is 1. The Kier molecular flexibility index (Phi) is 10.1. The predicted octanol–water partition coefficient (Wildman–Crippen LogP) is 4.83. The van der Waals surface area contributed by atoms with Gasteiger partial charge in [-0.05, 0) is 56.5 Å². The largest absolute Gasteiger partial charge is 0.354 e. The van der Waals surface area contributed by atoms with E-state index in [1.54, 1.807) is 31.2 Å². The van der Waals surface area contributed by atoms with Crippen molar-refractivity contribution in [3.05, 3.63) is 95.6 Å². The summed E-state index contributed by atoms with van der Waals surface area (Å²) in [7, 11) is -4.07. The lowest BCUT2D eigenvalue weighted by Crippen LogP contribution is -2.51. The Labute approximate surface area is 226 Å². The van der Waals surface area contributed by atoms with E-state index < -0.39 is 28.5 Å². The molecular formula is C30H37N3O4S. The molecule has 0 radical (unpaired) electrons. The molecule has 0 bridgehead atoms. The van der Waals surface area contributed by atoms with Gasteiger partial charge in [-0.3, -0.25) is 13.9 Å². The minimum absolute atomic E-state index is 0.0905. The number of unbranched alkanes of at least 4 members (excludes halogenated alkanes) is 1. The molecule has 0 heterocycles. The summed E-state index contributed by atoms with van der Waals surface area (Å²) in [5.41, 5.74) is 2.99. The van der Waals surface area contributed by atoms with E-state index in [1.807, 2.05) is 63.2 Å². The van der Waals surface area contributed by atoms with Gasteiger partial charge in [0, 0.05) is 13.1 Å². The Morgan fingerprint density at radius 2 is 1.55 bits per heavy atom. The lowest BCUT2D eigenvalue weighted by Gasteiger charge is -2.32. The number of hydrogen-bond donors (Lipinski definition) is 1. The first-order chi connectivity index (χ1) is 18.1. The summed E-state index contributed by atoms with van der Waals surface area (Å²) < 4.78 is 28.8. The molecule has 3 rings (SSSR count). The average Bonchev–Trinajstić information content (AvgIpc) is 2.91. The van der Waals surface area contributed by atoms with Crippen molar-refractivity contribution in [1.82, 2.24) is 10.2 Å². The van der Waals surface area contributed by atoms with Crippen molar-refractivity contribution in [2.45, 2.75) is 58.0 Å². The molecule has 0 saturated heterocycles. The zero-order chi connectivity index (χ0) is 27.7. The van der Waals surface area contributed by atoms with Gasteiger partial charge in [-0.2, -0.15) is 0 Å². The summed E-state index contributed by atoms with van der Waals surface area (Å²) in [6.07, 6.45) is 1.77. The third kappa shape index (κ3) is 7.22. The molecule has 0 aliphatic heterocycles. The topological polar surface area (TPSA) is 86.8 Å². The van der Waals surface area contributed by atoms with E-state index in [1.165, 1.54) is 17.0 Å². The Bertz CT molecular complexity index is 1330. The minimum atomic E-state index is -4.07. The molecule has 1 N–H and O–H groups in total. The highest BCUT2D eigenvalue weighted by molar-refractivity contribution is 7.92. The fourth-order valence-corrected chi connectivity index (χ4v) is 5.72. The van der Waals surface area contributed by atoms with E-state index in [4.69, 9.17) is 0 Å². The van der Waals surface area contributed by atoms with E-state index >= 15 is 0 Å². The quantitative estimate of drug-likeness (QED) is 0.337. The number of sulfonamides is 1. The van der Waals surface area contributed by atoms with Gasteiger partial charge in [-0.25, -0.2) is 8.42 Å². The maximum atomic E-state index is 13.9. The van der Waals surface area contributed by atoms with Crippen molar-refractivity contribution in [2.75, 3.05) is 17.4 Å². The highest BCUT2D eigenvalue weighted by Gasteiger charge is 2.33. The third-order valence-corrected chi connectivity index (χ3v) is 8.20. The lowest BCUT2D eigenvalue weighted by molar-refractivity contribution is -0.139. The molecule has 38 heavy (non-hydrogen) atoms. The van der Waals surface area contributed by atoms with E-state index in [2.05, 4.69) is 5.32 Å². The Morgan fingerprint density at radius 3 is 2.16 bits per heavy atom. The van der Waals surface area contributed by atoms with Gasteiger partial charge in [0.25, 0.3) is 10.0 Å². The van der Waals surface area contributed by atoms with E-state index in [0.717, 1.165) is 33.8 Å². The maximum absolute atomic E-state index is 13.9. The molecule has 2 amide bonds. The third-order valence-electron chi connectivity index (χ3n) is 6.42. The van der Waals surface area contributed by atoms with Gasteiger partial charge >= 0.3 is 0 Å². The molecular weight excluding hydrogens is 498 g/mol. The van der Waals surface area contributed by atoms with Crippen LogP contribution in [0.15, 0.2) is 83.8 Å². The molecule has 1 atom stereocenters. The summed E-state index contributed by atoms with van der Waals surface area (Å²) >= 11 is 0. The normalized spacial score (nSPS) is 12.0. The number of hydrogen-bond acceptors (Lipinski definition) is 4. The average molecular weight is 536 g/mol. The molecule has 0 aliphatic carbocycles. The minimum Gasteiger partial charge on any atom is -0.354 e. The zero-order valence-corrected chi connectivity index (χ0v) is 23.4. The smallest absolute Gasteiger partial charge is 0.264 e. The summed E-state index contributed by atoms with van der Waals surface area (Å²) in [5, 5.41) is 2.90. The van der Waals surface area contributed by atoms with Crippen molar-refractivity contribution in [3.63, 3.8) is 0 Å². The van der Waals surface area contributed by atoms with Gasteiger partial charge in [0.15, 0.2) is 0 Å². The van der Waals surface area contributed by atoms with Crippen LogP contribution < -0.4 is 9.62 Å². The number of nitrogens with zero attached hydrogens (tertiary/aromatic N) is 2. The number of benzene rings is 3. The molecule has 3 aromatic rings. The first-order valence-corrected chi connectivity index (χ1v) is 14.3. The van der Waals surface area contributed by atoms with Gasteiger partial charge in [-0.1, -0.05) is 79.6 Å². The molecule has 202 valence electrons. The van der Waals surface area contributed by atoms with Gasteiger partial charge in [0.05, 0.1) is 10.6 Å². The maximum Gasteiger partial charge on any atom is 0.264 e. The van der Waals surface area contributed by atoms with Gasteiger partial charge in [0.1, 0.15) is 12.6 Å². The van der Waals surface area contributed by atoms with Crippen LogP contribution in [0.2, 0.25) is 0 Å². The Hall–Kier alpha value is -3.65. The van der Waals surface area contributed by atoms with Crippen LogP contribution in [0.5, 0.6) is 0 Å². The van der Waals surface area contributed by atoms with Crippen LogP contribution in [0.1, 0.15) is 43.4 Å². The standard InChI is InChI=1S/C30H37N3O4S/c1-5-6-19-31-30(35)25(4)32(21-26-13-9-7-10-14-26)29(34)22-33(28-18-17-23(2)20-24(28)3)38(36,37)27-15-11-8-12-16-27/h7-18,20,25H,5-6,19,21-22H2,1-4H3,(H,31,35)/t25-/m1/s1. The predicted molar refractivity (Wildman–Crippen MR) is 151 cm³/mol. The second-order valence-electron chi connectivity index (χ2n) is 9.44. The second kappa shape index (κ2) is 13.2. The molecule has 0 aromatic heterocycles. The SMILES string of the molecule is CCCCNC(=O)[C@@H](C)N(Cc1ccccc1)C(=O)CN(c1ccc(C)cc1C)S(=O)(=O)c1ccccc1. The Balaban J connectivity index is 2.00. The summed E-state index contributed by atoms with van der Waals surface area (Å²) in [5.74, 6) is -0.738. The van der Waals surface area contributed by atoms with E-state index in [0.29, 0.717) is 12.2 Å². The van der Waals surface area contributed by atoms with E-state index in [9.17, 15) is 18.0 Å². The van der Waals surface area contributed by atoms with Crippen LogP contribution in [0.25, 0.3) is 0 Å². The summed E-state index contributed by atoms with van der Waals surface area (Å²) in [6.45, 7) is 7.72. The van der Waals surface area contributed by atoms with Crippen molar-refractivity contribution in [2.24, 2.45) is 0 Å². The molecule has 0 saturated carbocycles. The summed E-state index contributed by atoms with van der Waals surface area (Å²) in [6, 6.07) is 22.1. The van der Waals surface area contributed by atoms with Crippen LogP contribution in [-0.4, -0.2) is 44.3 Å². The molecule has 0 aliphatic rings. The first kappa shape index (κ1) is 28.9. The molecule has 7 nitrogen and oxygen atoms in total. The molecule has 0 spiro atoms. The van der Waals surface area contributed by atoms with Crippen LogP contribution in [-0.2, 0) is 26.2 Å². The fraction of sp³-hybridized carbons (Fsp3) is 0.333. The molecule has 0 unspecified atom stereocenters. The number of carbonyl (C=O) groups is 2. The van der Waals surface area contributed by atoms with Crippen LogP contribution in [0.3, 0.4) is 0 Å². The van der Waals surface area contributed by atoms with Crippen molar-refractivity contribution >= 4 is 27.5 Å². The number of amides is 2. The second-order valence-corrected chi connectivity index (χ2v) is 11.3. The van der Waals surface area contributed by atoms with Crippen LogP contribution in [0, 0.1) is 13.8 Å². The molecule has 8 heteroatoms. The monoisotopic (exact) mass is 535 g/mol. The number of aryl methyl sites for hydroxylation is 2. The van der Waals surface area contributed by atoms with Gasteiger partial charge in [0.2, 0.25) is 11.8 Å². The highest BCUT2D eigenvalue weighted by atomic mass is 32.2. The lowest BCUT2D eigenvalue weighted by atomic mass is 10.1. The molecule has 3 aromatic carbocycles. The van der Waals surface area contributed by atoms with Gasteiger partial charge < -0.3 is 10.2 Å². The van der Waals surface area contributed by atoms with Crippen molar-refractivity contribution in [1.29, 1.82) is 0 Å². The van der Waals surface area contributed by atoms with Crippen molar-refractivity contribution in [3.8, 4) is 0 Å². The Morgan fingerprint density at radius 1 is 0.921 bits per heavy atom. The molecule has 0 fully saturated rings. The van der Waals surface area contributed by atoms with Gasteiger partial charge in [-0.15, -0.1) is 0 Å².